The molecule has 1 rings (SSSR count). The molecule has 1 fully saturated rings. The number of carbonyl (C=O) groups is 2. The van der Waals surface area contributed by atoms with Crippen LogP contribution in [0.3, 0.4) is 0 Å². The summed E-state index contributed by atoms with van der Waals surface area (Å²) in [6, 6.07) is 0. The lowest BCUT2D eigenvalue weighted by molar-refractivity contribution is -0.154. The maximum absolute atomic E-state index is 11.5. The van der Waals surface area contributed by atoms with Gasteiger partial charge in [0.15, 0.2) is 0 Å². The highest BCUT2D eigenvalue weighted by Crippen LogP contribution is 2.35. The van der Waals surface area contributed by atoms with E-state index in [9.17, 15) is 14.7 Å². The van der Waals surface area contributed by atoms with E-state index in [0.29, 0.717) is 32.4 Å². The Morgan fingerprint density at radius 2 is 2.00 bits per heavy atom. The molecule has 0 atom stereocenters. The van der Waals surface area contributed by atoms with Crippen LogP contribution < -0.4 is 0 Å². The van der Waals surface area contributed by atoms with E-state index in [-0.39, 0.29) is 12.3 Å². The zero-order valence-electron chi connectivity index (χ0n) is 9.53. The summed E-state index contributed by atoms with van der Waals surface area (Å²) < 4.78 is 0. The molecule has 1 N–H and O–H groups in total. The molecule has 1 saturated heterocycles. The number of likely N-dealkylation sites (tertiary alicyclic amines) is 1. The van der Waals surface area contributed by atoms with Crippen molar-refractivity contribution in [2.24, 2.45) is 5.41 Å². The molecule has 0 aromatic rings. The van der Waals surface area contributed by atoms with Gasteiger partial charge in [0.2, 0.25) is 5.91 Å². The quantitative estimate of drug-likeness (QED) is 0.729. The second kappa shape index (κ2) is 5.02. The minimum absolute atomic E-state index is 0.0717. The molecule has 4 heteroatoms. The number of carbonyl (C=O) groups excluding carboxylic acids is 1. The number of carboxylic acid groups (broad SMARTS) is 1. The first-order valence-electron chi connectivity index (χ1n) is 5.50. The van der Waals surface area contributed by atoms with Crippen molar-refractivity contribution in [1.29, 1.82) is 0 Å². The summed E-state index contributed by atoms with van der Waals surface area (Å²) in [5.41, 5.74) is -0.646. The number of terminal acetylenes is 1. The fourth-order valence-electron chi connectivity index (χ4n) is 2.10. The number of amides is 1. The number of hydrogen-bond acceptors (Lipinski definition) is 2. The Morgan fingerprint density at radius 3 is 2.38 bits per heavy atom. The van der Waals surface area contributed by atoms with Crippen molar-refractivity contribution in [3.05, 3.63) is 0 Å². The van der Waals surface area contributed by atoms with Crippen LogP contribution in [0.5, 0.6) is 0 Å². The summed E-state index contributed by atoms with van der Waals surface area (Å²) in [6.45, 7) is 2.88. The van der Waals surface area contributed by atoms with Gasteiger partial charge in [-0.25, -0.2) is 0 Å². The highest BCUT2D eigenvalue weighted by molar-refractivity contribution is 5.79. The molecule has 0 unspecified atom stereocenters. The topological polar surface area (TPSA) is 57.6 Å². The van der Waals surface area contributed by atoms with Crippen molar-refractivity contribution in [3.8, 4) is 12.3 Å². The number of nitrogens with zero attached hydrogens (tertiary/aromatic N) is 1. The Balaban J connectivity index is 2.60. The fourth-order valence-corrected chi connectivity index (χ4v) is 2.10. The first kappa shape index (κ1) is 12.6. The van der Waals surface area contributed by atoms with Crippen molar-refractivity contribution in [1.82, 2.24) is 4.90 Å². The Bertz CT molecular complexity index is 322. The van der Waals surface area contributed by atoms with Crippen molar-refractivity contribution in [2.75, 3.05) is 13.1 Å². The predicted octanol–water partition coefficient (Wildman–Crippen LogP) is 1.11. The molecule has 1 aliphatic heterocycles. The molecule has 1 aliphatic rings. The summed E-state index contributed by atoms with van der Waals surface area (Å²) in [6.07, 6.45) is 6.83. The Morgan fingerprint density at radius 1 is 1.44 bits per heavy atom. The smallest absolute Gasteiger partial charge is 0.309 e. The molecule has 1 amide bonds. The molecule has 0 aromatic heterocycles. The van der Waals surface area contributed by atoms with Crippen molar-refractivity contribution >= 4 is 11.9 Å². The third kappa shape index (κ3) is 2.35. The fraction of sp³-hybridized carbons (Fsp3) is 0.667. The van der Waals surface area contributed by atoms with Gasteiger partial charge in [-0.3, -0.25) is 9.59 Å². The number of aliphatic carboxylic acids is 1. The summed E-state index contributed by atoms with van der Waals surface area (Å²) in [5, 5.41) is 9.18. The van der Waals surface area contributed by atoms with Crippen LogP contribution in [0.15, 0.2) is 0 Å². The predicted molar refractivity (Wildman–Crippen MR) is 59.6 cm³/mol. The average molecular weight is 223 g/mol. The minimum atomic E-state index is -0.751. The molecular formula is C12H17NO3. The van der Waals surface area contributed by atoms with Crippen molar-refractivity contribution in [2.45, 2.75) is 32.6 Å². The second-order valence-electron chi connectivity index (χ2n) is 4.20. The van der Waals surface area contributed by atoms with E-state index in [1.54, 1.807) is 4.90 Å². The zero-order chi connectivity index (χ0) is 12.2. The average Bonchev–Trinajstić information content (AvgIpc) is 2.29. The molecule has 88 valence electrons. The van der Waals surface area contributed by atoms with E-state index in [1.807, 2.05) is 6.92 Å². The third-order valence-corrected chi connectivity index (χ3v) is 3.46. The highest BCUT2D eigenvalue weighted by Gasteiger charge is 2.40. The molecule has 0 saturated carbocycles. The van der Waals surface area contributed by atoms with E-state index in [2.05, 4.69) is 5.92 Å². The molecule has 4 nitrogen and oxygen atoms in total. The van der Waals surface area contributed by atoms with Gasteiger partial charge < -0.3 is 10.0 Å². The number of piperidine rings is 1. The number of rotatable bonds is 3. The summed E-state index contributed by atoms with van der Waals surface area (Å²) >= 11 is 0. The molecule has 0 aromatic carbocycles. The lowest BCUT2D eigenvalue weighted by Crippen LogP contribution is -2.46. The lowest BCUT2D eigenvalue weighted by Gasteiger charge is -2.38. The van der Waals surface area contributed by atoms with E-state index in [4.69, 9.17) is 6.42 Å². The van der Waals surface area contributed by atoms with Crippen LogP contribution in [-0.2, 0) is 9.59 Å². The SMILES string of the molecule is C#CCC(=O)N1CCC(CC)(C(=O)O)CC1. The van der Waals surface area contributed by atoms with Gasteiger partial charge in [0, 0.05) is 13.1 Å². The molecule has 0 spiro atoms. The van der Waals surface area contributed by atoms with Crippen LogP contribution >= 0.6 is 0 Å². The van der Waals surface area contributed by atoms with Crippen LogP contribution in [0.4, 0.5) is 0 Å². The highest BCUT2D eigenvalue weighted by atomic mass is 16.4. The standard InChI is InChI=1S/C12H17NO3/c1-3-5-10(14)13-8-6-12(4-2,7-9-13)11(15)16/h1H,4-9H2,2H3,(H,15,16). The Labute approximate surface area is 95.6 Å². The zero-order valence-corrected chi connectivity index (χ0v) is 9.53. The molecule has 0 radical (unpaired) electrons. The van der Waals surface area contributed by atoms with Crippen molar-refractivity contribution < 1.29 is 14.7 Å². The van der Waals surface area contributed by atoms with Crippen LogP contribution in [-0.4, -0.2) is 35.0 Å². The maximum Gasteiger partial charge on any atom is 0.309 e. The van der Waals surface area contributed by atoms with Gasteiger partial charge >= 0.3 is 5.97 Å². The normalized spacial score (nSPS) is 18.9. The lowest BCUT2D eigenvalue weighted by atomic mass is 9.76. The summed E-state index contributed by atoms with van der Waals surface area (Å²) in [5.74, 6) is 1.49. The van der Waals surface area contributed by atoms with E-state index < -0.39 is 11.4 Å². The largest absolute Gasteiger partial charge is 0.481 e. The first-order valence-corrected chi connectivity index (χ1v) is 5.50. The van der Waals surface area contributed by atoms with Gasteiger partial charge in [-0.15, -0.1) is 6.42 Å². The molecule has 0 aliphatic carbocycles. The molecule has 1 heterocycles. The van der Waals surface area contributed by atoms with E-state index in [0.717, 1.165) is 0 Å². The van der Waals surface area contributed by atoms with Crippen LogP contribution in [0.2, 0.25) is 0 Å². The van der Waals surface area contributed by atoms with Gasteiger partial charge in [0.05, 0.1) is 11.8 Å². The van der Waals surface area contributed by atoms with Crippen LogP contribution in [0, 0.1) is 17.8 Å². The second-order valence-corrected chi connectivity index (χ2v) is 4.20. The maximum atomic E-state index is 11.5. The molecular weight excluding hydrogens is 206 g/mol. The summed E-state index contributed by atoms with van der Waals surface area (Å²) in [4.78, 5) is 24.3. The Hall–Kier alpha value is -1.50. The molecule has 16 heavy (non-hydrogen) atoms. The van der Waals surface area contributed by atoms with Crippen LogP contribution in [0.25, 0.3) is 0 Å². The van der Waals surface area contributed by atoms with Gasteiger partial charge in [-0.1, -0.05) is 12.8 Å². The van der Waals surface area contributed by atoms with Gasteiger partial charge in [0.1, 0.15) is 0 Å². The molecule has 0 bridgehead atoms. The van der Waals surface area contributed by atoms with E-state index >= 15 is 0 Å². The third-order valence-electron chi connectivity index (χ3n) is 3.46. The van der Waals surface area contributed by atoms with Crippen LogP contribution in [0.1, 0.15) is 32.6 Å². The summed E-state index contributed by atoms with van der Waals surface area (Å²) in [7, 11) is 0. The number of carboxylic acids is 1. The van der Waals surface area contributed by atoms with E-state index in [1.165, 1.54) is 0 Å². The van der Waals surface area contributed by atoms with Crippen molar-refractivity contribution in [3.63, 3.8) is 0 Å². The first-order chi connectivity index (χ1) is 7.55. The van der Waals surface area contributed by atoms with Gasteiger partial charge in [0.25, 0.3) is 0 Å². The monoisotopic (exact) mass is 223 g/mol. The van der Waals surface area contributed by atoms with Gasteiger partial charge in [-0.05, 0) is 19.3 Å². The van der Waals surface area contributed by atoms with Gasteiger partial charge in [-0.2, -0.15) is 0 Å². The Kier molecular flexibility index (Phi) is 3.94. The minimum Gasteiger partial charge on any atom is -0.481 e. The number of hydrogen-bond donors (Lipinski definition) is 1.